The van der Waals surface area contributed by atoms with Crippen molar-refractivity contribution in [3.8, 4) is 17.2 Å². The van der Waals surface area contributed by atoms with Crippen LogP contribution < -0.4 is 19.5 Å². The minimum Gasteiger partial charge on any atom is -0.493 e. The standard InChI is InChI=1S/C26H29NO4/c1-29-22-15-21(30-13-5-8-16-6-3-2-4-7-16)17-14-19-18-9-10-20(28)25-26(18,11-12-27-19)23(17)24(22)31-25/h2-4,6-7,15,18-19,25,27H,5,8-14H2,1H3/t18-,19+,25+,26-/m0/s1. The van der Waals surface area contributed by atoms with E-state index in [1.165, 1.54) is 16.7 Å². The van der Waals surface area contributed by atoms with Gasteiger partial charge in [0.15, 0.2) is 23.4 Å². The molecule has 0 aromatic heterocycles. The van der Waals surface area contributed by atoms with Gasteiger partial charge in [-0.15, -0.1) is 0 Å². The third-order valence-corrected chi connectivity index (χ3v) is 7.92. The zero-order chi connectivity index (χ0) is 21.0. The van der Waals surface area contributed by atoms with Crippen molar-refractivity contribution in [2.24, 2.45) is 5.92 Å². The van der Waals surface area contributed by atoms with Gasteiger partial charge in [-0.3, -0.25) is 4.79 Å². The van der Waals surface area contributed by atoms with Crippen molar-refractivity contribution < 1.29 is 19.0 Å². The van der Waals surface area contributed by atoms with Crippen molar-refractivity contribution in [3.63, 3.8) is 0 Å². The van der Waals surface area contributed by atoms with Crippen molar-refractivity contribution in [2.75, 3.05) is 20.3 Å². The predicted octanol–water partition coefficient (Wildman–Crippen LogP) is 3.60. The van der Waals surface area contributed by atoms with Crippen LogP contribution in [0.3, 0.4) is 0 Å². The number of carbonyl (C=O) groups is 1. The topological polar surface area (TPSA) is 56.8 Å². The Morgan fingerprint density at radius 3 is 2.94 bits per heavy atom. The fourth-order valence-corrected chi connectivity index (χ4v) is 6.67. The highest BCUT2D eigenvalue weighted by molar-refractivity contribution is 5.89. The number of hydrogen-bond donors (Lipinski definition) is 1. The first-order valence-electron chi connectivity index (χ1n) is 11.6. The van der Waals surface area contributed by atoms with Crippen molar-refractivity contribution >= 4 is 5.78 Å². The Labute approximate surface area is 183 Å². The summed E-state index contributed by atoms with van der Waals surface area (Å²) >= 11 is 0. The van der Waals surface area contributed by atoms with Gasteiger partial charge < -0.3 is 19.5 Å². The summed E-state index contributed by atoms with van der Waals surface area (Å²) in [6.45, 7) is 1.58. The van der Waals surface area contributed by atoms with Crippen LogP contribution in [0.1, 0.15) is 42.4 Å². The van der Waals surface area contributed by atoms with E-state index in [9.17, 15) is 4.79 Å². The molecular formula is C26H29NO4. The van der Waals surface area contributed by atoms with E-state index >= 15 is 0 Å². The van der Waals surface area contributed by atoms with Gasteiger partial charge in [0, 0.05) is 35.1 Å². The molecule has 6 rings (SSSR count). The Morgan fingerprint density at radius 2 is 2.10 bits per heavy atom. The summed E-state index contributed by atoms with van der Waals surface area (Å²) in [5.74, 6) is 3.07. The molecule has 4 aliphatic rings. The summed E-state index contributed by atoms with van der Waals surface area (Å²) in [5, 5.41) is 3.73. The zero-order valence-electron chi connectivity index (χ0n) is 18.0. The maximum Gasteiger partial charge on any atom is 0.174 e. The van der Waals surface area contributed by atoms with E-state index in [4.69, 9.17) is 14.2 Å². The molecule has 1 N–H and O–H groups in total. The number of Topliss-reactive ketones (excluding diaryl/α,β-unsaturated/α-hetero) is 1. The van der Waals surface area contributed by atoms with Crippen molar-refractivity contribution in [2.45, 2.75) is 56.1 Å². The molecule has 0 radical (unpaired) electrons. The summed E-state index contributed by atoms with van der Waals surface area (Å²) < 4.78 is 18.5. The minimum atomic E-state index is -0.368. The van der Waals surface area contributed by atoms with Crippen LogP contribution in [0.15, 0.2) is 36.4 Å². The number of rotatable bonds is 6. The zero-order valence-corrected chi connectivity index (χ0v) is 18.0. The van der Waals surface area contributed by atoms with Crippen LogP contribution in [-0.2, 0) is 23.1 Å². The lowest BCUT2D eigenvalue weighted by Gasteiger charge is -2.54. The van der Waals surface area contributed by atoms with Gasteiger partial charge in [0.1, 0.15) is 5.75 Å². The van der Waals surface area contributed by atoms with E-state index in [-0.39, 0.29) is 17.3 Å². The highest BCUT2D eigenvalue weighted by Crippen LogP contribution is 2.63. The lowest BCUT2D eigenvalue weighted by molar-refractivity contribution is -0.135. The third-order valence-electron chi connectivity index (χ3n) is 7.92. The maximum atomic E-state index is 12.9. The summed E-state index contributed by atoms with van der Waals surface area (Å²) in [6.07, 6.45) is 5.00. The van der Waals surface area contributed by atoms with Crippen LogP contribution in [0.25, 0.3) is 0 Å². The molecule has 2 fully saturated rings. The van der Waals surface area contributed by atoms with Crippen molar-refractivity contribution in [1.82, 2.24) is 5.32 Å². The molecule has 1 spiro atoms. The first-order valence-corrected chi connectivity index (χ1v) is 11.6. The van der Waals surface area contributed by atoms with Gasteiger partial charge in [-0.25, -0.2) is 0 Å². The second kappa shape index (κ2) is 7.27. The average Bonchev–Trinajstić information content (AvgIpc) is 3.13. The van der Waals surface area contributed by atoms with E-state index in [0.29, 0.717) is 30.7 Å². The summed E-state index contributed by atoms with van der Waals surface area (Å²) in [4.78, 5) is 12.9. The van der Waals surface area contributed by atoms with E-state index in [0.717, 1.165) is 50.1 Å². The van der Waals surface area contributed by atoms with Crippen LogP contribution in [0, 0.1) is 5.92 Å². The van der Waals surface area contributed by atoms with Gasteiger partial charge in [0.2, 0.25) is 0 Å². The summed E-state index contributed by atoms with van der Waals surface area (Å²) in [5.41, 5.74) is 3.55. The highest BCUT2D eigenvalue weighted by Gasteiger charge is 2.65. The van der Waals surface area contributed by atoms with Gasteiger partial charge in [0.05, 0.1) is 13.7 Å². The Bertz CT molecular complexity index is 1020. The molecule has 0 unspecified atom stereocenters. The first kappa shape index (κ1) is 19.2. The van der Waals surface area contributed by atoms with Crippen molar-refractivity contribution in [1.29, 1.82) is 0 Å². The summed E-state index contributed by atoms with van der Waals surface area (Å²) in [6, 6.07) is 12.9. The Morgan fingerprint density at radius 1 is 1.23 bits per heavy atom. The monoisotopic (exact) mass is 419 g/mol. The Balaban J connectivity index is 1.35. The molecule has 2 aromatic rings. The smallest absolute Gasteiger partial charge is 0.174 e. The van der Waals surface area contributed by atoms with E-state index in [1.54, 1.807) is 7.11 Å². The Hall–Kier alpha value is -2.53. The fourth-order valence-electron chi connectivity index (χ4n) is 6.67. The van der Waals surface area contributed by atoms with Crippen molar-refractivity contribution in [3.05, 3.63) is 53.1 Å². The number of aryl methyl sites for hydroxylation is 1. The molecule has 5 heteroatoms. The van der Waals surface area contributed by atoms with Gasteiger partial charge in [0.25, 0.3) is 0 Å². The molecule has 5 nitrogen and oxygen atoms in total. The molecule has 2 heterocycles. The number of methoxy groups -OCH3 is 1. The molecule has 2 aromatic carbocycles. The third kappa shape index (κ3) is 2.75. The number of hydrogen-bond acceptors (Lipinski definition) is 5. The Kier molecular flexibility index (Phi) is 4.49. The number of ether oxygens (including phenoxy) is 3. The molecule has 1 saturated carbocycles. The second-order valence-corrected chi connectivity index (χ2v) is 9.36. The van der Waals surface area contributed by atoms with Crippen LogP contribution in [0.2, 0.25) is 0 Å². The average molecular weight is 420 g/mol. The summed E-state index contributed by atoms with van der Waals surface area (Å²) in [7, 11) is 1.67. The molecule has 2 bridgehead atoms. The van der Waals surface area contributed by atoms with Crippen LogP contribution >= 0.6 is 0 Å². The number of piperidine rings is 1. The lowest BCUT2D eigenvalue weighted by Crippen LogP contribution is -2.65. The molecule has 31 heavy (non-hydrogen) atoms. The molecule has 2 aliphatic heterocycles. The van der Waals surface area contributed by atoms with Crippen LogP contribution in [0.4, 0.5) is 0 Å². The highest BCUT2D eigenvalue weighted by atomic mass is 16.5. The van der Waals surface area contributed by atoms with E-state index in [1.807, 2.05) is 12.1 Å². The minimum absolute atomic E-state index is 0.217. The largest absolute Gasteiger partial charge is 0.493 e. The fraction of sp³-hybridized carbons (Fsp3) is 0.500. The number of ketones is 1. The van der Waals surface area contributed by atoms with Gasteiger partial charge in [-0.2, -0.15) is 0 Å². The van der Waals surface area contributed by atoms with Crippen LogP contribution in [-0.4, -0.2) is 38.2 Å². The van der Waals surface area contributed by atoms with Gasteiger partial charge in [-0.1, -0.05) is 30.3 Å². The number of carbonyl (C=O) groups excluding carboxylic acids is 1. The predicted molar refractivity (Wildman–Crippen MR) is 117 cm³/mol. The molecule has 4 atom stereocenters. The lowest BCUT2D eigenvalue weighted by atomic mass is 9.52. The molecule has 162 valence electrons. The quantitative estimate of drug-likeness (QED) is 0.725. The normalized spacial score (nSPS) is 29.8. The second-order valence-electron chi connectivity index (χ2n) is 9.36. The van der Waals surface area contributed by atoms with E-state index < -0.39 is 0 Å². The first-order chi connectivity index (χ1) is 15.2. The SMILES string of the molecule is COc1cc(OCCCc2ccccc2)c2c3c1O[C@@H]1C(=O)CC[C@H]4[C@@H](C2)NCC[C@]314. The number of benzene rings is 2. The number of nitrogens with one attached hydrogen (secondary N) is 1. The maximum absolute atomic E-state index is 12.9. The van der Waals surface area contributed by atoms with E-state index in [2.05, 4.69) is 29.6 Å². The molecule has 0 amide bonds. The molecular weight excluding hydrogens is 390 g/mol. The van der Waals surface area contributed by atoms with Crippen LogP contribution in [0.5, 0.6) is 17.2 Å². The van der Waals surface area contributed by atoms with Gasteiger partial charge in [-0.05, 0) is 50.1 Å². The molecule has 2 aliphatic carbocycles. The molecule has 1 saturated heterocycles. The van der Waals surface area contributed by atoms with Gasteiger partial charge >= 0.3 is 0 Å².